The lowest BCUT2D eigenvalue weighted by Gasteiger charge is -2.30. The average molecular weight is 526 g/mol. The lowest BCUT2D eigenvalue weighted by Crippen LogP contribution is -2.51. The molecule has 1 aromatic rings. The molecule has 0 spiro atoms. The maximum Gasteiger partial charge on any atom is 0.380 e. The van der Waals surface area contributed by atoms with Gasteiger partial charge >= 0.3 is 17.9 Å². The van der Waals surface area contributed by atoms with E-state index in [0.29, 0.717) is 7.14 Å². The highest BCUT2D eigenvalue weighted by atomic mass is 127. The van der Waals surface area contributed by atoms with Crippen LogP contribution in [0, 0.1) is 7.14 Å². The number of carbonyl (C=O) groups excluding carboxylic acids is 1. The minimum Gasteiger partial charge on any atom is -0.506 e. The number of carbonyl (C=O) groups is 2. The van der Waals surface area contributed by atoms with E-state index in [0.717, 1.165) is 13.8 Å². The first-order chi connectivity index (χ1) is 9.40. The van der Waals surface area contributed by atoms with Crippen LogP contribution in [0.2, 0.25) is 0 Å². The van der Waals surface area contributed by atoms with Crippen LogP contribution in [-0.4, -0.2) is 33.7 Å². The first kappa shape index (κ1) is 18.3. The van der Waals surface area contributed by atoms with Crippen molar-refractivity contribution in [2.24, 2.45) is 0 Å². The van der Waals surface area contributed by atoms with E-state index >= 15 is 0 Å². The first-order valence-electron chi connectivity index (χ1n) is 5.42. The lowest BCUT2D eigenvalue weighted by atomic mass is 10.0. The fraction of sp³-hybridized carbons (Fsp3) is 0.333. The summed E-state index contributed by atoms with van der Waals surface area (Å²) in [7, 11) is 0. The Hall–Kier alpha value is -0.720. The molecule has 5 nitrogen and oxygen atoms in total. The van der Waals surface area contributed by atoms with Crippen molar-refractivity contribution < 1.29 is 33.3 Å². The molecule has 0 fully saturated rings. The number of alkyl halides is 2. The summed E-state index contributed by atoms with van der Waals surface area (Å²) in [5.41, 5.74) is -2.88. The van der Waals surface area contributed by atoms with Gasteiger partial charge in [-0.25, -0.2) is 9.59 Å². The third kappa shape index (κ3) is 3.73. The number of ether oxygens (including phenoxy) is 1. The summed E-state index contributed by atoms with van der Waals surface area (Å²) in [5, 5.41) is 18.3. The van der Waals surface area contributed by atoms with Gasteiger partial charge < -0.3 is 14.9 Å². The number of phenolic OH excluding ortho intramolecular Hbond substituents is 1. The highest BCUT2D eigenvalue weighted by Crippen LogP contribution is 2.34. The number of carboxylic acids is 1. The fourth-order valence-electron chi connectivity index (χ4n) is 1.33. The summed E-state index contributed by atoms with van der Waals surface area (Å²) in [5.74, 6) is -8.31. The molecule has 9 heteroatoms. The van der Waals surface area contributed by atoms with E-state index in [1.54, 1.807) is 28.7 Å². The van der Waals surface area contributed by atoms with Gasteiger partial charge in [0.25, 0.3) is 0 Å². The van der Waals surface area contributed by atoms with Gasteiger partial charge in [-0.2, -0.15) is 8.78 Å². The molecule has 0 atom stereocenters. The minimum atomic E-state index is -4.27. The van der Waals surface area contributed by atoms with E-state index < -0.39 is 29.2 Å². The molecule has 0 saturated heterocycles. The van der Waals surface area contributed by atoms with Gasteiger partial charge in [-0.15, -0.1) is 0 Å². The number of hydrogen-bond acceptors (Lipinski definition) is 4. The molecule has 0 aliphatic heterocycles. The highest BCUT2D eigenvalue weighted by molar-refractivity contribution is 14.1. The quantitative estimate of drug-likeness (QED) is 0.466. The van der Waals surface area contributed by atoms with Gasteiger partial charge in [0.05, 0.1) is 3.57 Å². The lowest BCUT2D eigenvalue weighted by molar-refractivity contribution is -0.200. The average Bonchev–Trinajstić information content (AvgIpc) is 2.32. The van der Waals surface area contributed by atoms with Gasteiger partial charge in [-0.3, -0.25) is 0 Å². The SMILES string of the molecule is CC(C)(OC(=O)c1cc(I)cc(I)c1O)C(F)(F)C(=O)O. The van der Waals surface area contributed by atoms with E-state index in [1.165, 1.54) is 6.07 Å². The molecule has 0 aliphatic rings. The molecule has 1 rings (SSSR count). The van der Waals surface area contributed by atoms with Crippen molar-refractivity contribution in [3.05, 3.63) is 24.8 Å². The third-order valence-corrected chi connectivity index (χ3v) is 4.07. The summed E-state index contributed by atoms with van der Waals surface area (Å²) in [6, 6.07) is 2.83. The predicted molar refractivity (Wildman–Crippen MR) is 85.6 cm³/mol. The van der Waals surface area contributed by atoms with Gasteiger partial charge in [0.1, 0.15) is 11.3 Å². The highest BCUT2D eigenvalue weighted by Gasteiger charge is 2.57. The summed E-state index contributed by atoms with van der Waals surface area (Å²) < 4.78 is 32.6. The molecule has 0 aromatic heterocycles. The number of halogens is 4. The standard InChI is InChI=1S/C12H10F2I2O5/c1-11(2,12(13,14)10(19)20)21-9(18)6-3-5(15)4-7(16)8(6)17/h3-4,17H,1-2H3,(H,19,20). The predicted octanol–water partition coefficient (Wildman–Crippen LogP) is 3.26. The van der Waals surface area contributed by atoms with Crippen LogP contribution in [0.15, 0.2) is 12.1 Å². The van der Waals surface area contributed by atoms with Gasteiger partial charge in [0, 0.05) is 3.57 Å². The molecule has 0 bridgehead atoms. The van der Waals surface area contributed by atoms with Crippen LogP contribution in [0.3, 0.4) is 0 Å². The van der Waals surface area contributed by atoms with Crippen molar-refractivity contribution in [2.45, 2.75) is 25.4 Å². The van der Waals surface area contributed by atoms with Crippen molar-refractivity contribution in [3.8, 4) is 5.75 Å². The smallest absolute Gasteiger partial charge is 0.380 e. The van der Waals surface area contributed by atoms with Crippen LogP contribution in [0.25, 0.3) is 0 Å². The zero-order valence-corrected chi connectivity index (χ0v) is 15.1. The Morgan fingerprint density at radius 3 is 2.24 bits per heavy atom. The van der Waals surface area contributed by atoms with Gasteiger partial charge in [-0.05, 0) is 71.2 Å². The summed E-state index contributed by atoms with van der Waals surface area (Å²) in [6.45, 7) is 1.57. The number of carboxylic acid groups (broad SMARTS) is 1. The third-order valence-electron chi connectivity index (χ3n) is 2.62. The van der Waals surface area contributed by atoms with Gasteiger partial charge in [-0.1, -0.05) is 0 Å². The molecular weight excluding hydrogens is 516 g/mol. The molecule has 21 heavy (non-hydrogen) atoms. The van der Waals surface area contributed by atoms with E-state index in [2.05, 4.69) is 4.74 Å². The zero-order valence-electron chi connectivity index (χ0n) is 10.8. The number of rotatable bonds is 4. The number of aliphatic carboxylic acids is 1. The second-order valence-corrected chi connectivity index (χ2v) is 6.97. The second-order valence-electron chi connectivity index (χ2n) is 4.56. The molecule has 116 valence electrons. The second kappa shape index (κ2) is 6.18. The maximum atomic E-state index is 13.5. The maximum absolute atomic E-state index is 13.5. The molecule has 0 unspecified atom stereocenters. The Balaban J connectivity index is 3.15. The molecular formula is C12H10F2I2O5. The van der Waals surface area contributed by atoms with Gasteiger partial charge in [0.2, 0.25) is 0 Å². The van der Waals surface area contributed by atoms with Crippen molar-refractivity contribution >= 4 is 57.1 Å². The van der Waals surface area contributed by atoms with Crippen LogP contribution in [0.1, 0.15) is 24.2 Å². The molecule has 1 aromatic carbocycles. The summed E-state index contributed by atoms with van der Waals surface area (Å²) >= 11 is 3.65. The number of benzene rings is 1. The molecule has 2 N–H and O–H groups in total. The van der Waals surface area contributed by atoms with Crippen LogP contribution in [-0.2, 0) is 9.53 Å². The Labute approximate surface area is 146 Å². The van der Waals surface area contributed by atoms with Crippen molar-refractivity contribution in [1.29, 1.82) is 0 Å². The monoisotopic (exact) mass is 526 g/mol. The Morgan fingerprint density at radius 2 is 1.76 bits per heavy atom. The fourth-order valence-corrected chi connectivity index (χ4v) is 3.17. The molecule has 0 saturated carbocycles. The zero-order chi connectivity index (χ0) is 16.6. The molecule has 0 aliphatic carbocycles. The number of aromatic hydroxyl groups is 1. The largest absolute Gasteiger partial charge is 0.506 e. The number of phenols is 1. The van der Waals surface area contributed by atoms with E-state index in [1.807, 2.05) is 22.6 Å². The van der Waals surface area contributed by atoms with Crippen LogP contribution >= 0.6 is 45.2 Å². The van der Waals surface area contributed by atoms with E-state index in [-0.39, 0.29) is 5.56 Å². The molecule has 0 radical (unpaired) electrons. The Kier molecular flexibility index (Phi) is 5.40. The van der Waals surface area contributed by atoms with Gasteiger partial charge in [0.15, 0.2) is 5.60 Å². The van der Waals surface area contributed by atoms with E-state index in [9.17, 15) is 23.5 Å². The van der Waals surface area contributed by atoms with Crippen molar-refractivity contribution in [2.75, 3.05) is 0 Å². The molecule has 0 amide bonds. The van der Waals surface area contributed by atoms with Crippen LogP contribution in [0.4, 0.5) is 8.78 Å². The van der Waals surface area contributed by atoms with Crippen LogP contribution in [0.5, 0.6) is 5.75 Å². The van der Waals surface area contributed by atoms with Crippen LogP contribution < -0.4 is 0 Å². The Bertz CT molecular complexity index is 602. The number of esters is 1. The normalized spacial score (nSPS) is 12.1. The topological polar surface area (TPSA) is 83.8 Å². The summed E-state index contributed by atoms with van der Waals surface area (Å²) in [4.78, 5) is 22.5. The minimum absolute atomic E-state index is 0.305. The summed E-state index contributed by atoms with van der Waals surface area (Å²) in [6.07, 6.45) is 0. The Morgan fingerprint density at radius 1 is 1.24 bits per heavy atom. The molecule has 0 heterocycles. The van der Waals surface area contributed by atoms with Crippen molar-refractivity contribution in [1.82, 2.24) is 0 Å². The van der Waals surface area contributed by atoms with Crippen molar-refractivity contribution in [3.63, 3.8) is 0 Å². The van der Waals surface area contributed by atoms with E-state index in [4.69, 9.17) is 5.11 Å². The number of hydrogen-bond donors (Lipinski definition) is 2. The first-order valence-corrected chi connectivity index (χ1v) is 7.58.